The fourth-order valence-corrected chi connectivity index (χ4v) is 3.43. The van der Waals surface area contributed by atoms with Gasteiger partial charge in [-0.2, -0.15) is 0 Å². The molecule has 0 spiro atoms. The molecule has 0 unspecified atom stereocenters. The van der Waals surface area contributed by atoms with Crippen LogP contribution in [0.4, 0.5) is 5.69 Å². The molecule has 1 aromatic carbocycles. The van der Waals surface area contributed by atoms with E-state index >= 15 is 0 Å². The number of carbonyl (C=O) groups is 2. The molecule has 23 heavy (non-hydrogen) atoms. The van der Waals surface area contributed by atoms with E-state index in [1.807, 2.05) is 12.1 Å². The molecule has 0 radical (unpaired) electrons. The Bertz CT molecular complexity index is 576. The molecule has 124 valence electrons. The van der Waals surface area contributed by atoms with Gasteiger partial charge in [-0.1, -0.05) is 12.8 Å². The Labute approximate surface area is 136 Å². The lowest BCUT2D eigenvalue weighted by atomic mass is 10.0. The third-order valence-electron chi connectivity index (χ3n) is 4.88. The first-order valence-corrected chi connectivity index (χ1v) is 8.48. The maximum atomic E-state index is 12.2. The van der Waals surface area contributed by atoms with Crippen molar-refractivity contribution in [3.05, 3.63) is 29.8 Å². The van der Waals surface area contributed by atoms with Gasteiger partial charge in [0.2, 0.25) is 5.91 Å². The highest BCUT2D eigenvalue weighted by atomic mass is 16.3. The van der Waals surface area contributed by atoms with Gasteiger partial charge in [-0.15, -0.1) is 0 Å². The molecule has 0 atom stereocenters. The van der Waals surface area contributed by atoms with Gasteiger partial charge in [0.05, 0.1) is 5.60 Å². The number of nitrogens with zero attached hydrogens (tertiary/aromatic N) is 1. The number of amides is 2. The second-order valence-corrected chi connectivity index (χ2v) is 6.66. The molecule has 2 N–H and O–H groups in total. The minimum atomic E-state index is -0.740. The van der Waals surface area contributed by atoms with Gasteiger partial charge in [0.15, 0.2) is 0 Å². The van der Waals surface area contributed by atoms with Crippen molar-refractivity contribution >= 4 is 17.5 Å². The van der Waals surface area contributed by atoms with Crippen molar-refractivity contribution in [3.8, 4) is 0 Å². The fraction of sp³-hybridized carbons (Fsp3) is 0.556. The van der Waals surface area contributed by atoms with Gasteiger partial charge in [-0.05, 0) is 49.9 Å². The number of anilines is 1. The summed E-state index contributed by atoms with van der Waals surface area (Å²) in [6.07, 6.45) is 6.12. The van der Waals surface area contributed by atoms with Crippen LogP contribution < -0.4 is 10.2 Å². The number of piperidine rings is 1. The molecule has 1 saturated heterocycles. The van der Waals surface area contributed by atoms with Crippen molar-refractivity contribution < 1.29 is 14.7 Å². The van der Waals surface area contributed by atoms with Crippen LogP contribution in [0, 0.1) is 0 Å². The highest BCUT2D eigenvalue weighted by Crippen LogP contribution is 2.28. The smallest absolute Gasteiger partial charge is 0.251 e. The lowest BCUT2D eigenvalue weighted by Gasteiger charge is -2.27. The molecule has 0 bridgehead atoms. The van der Waals surface area contributed by atoms with Crippen molar-refractivity contribution in [2.75, 3.05) is 18.0 Å². The standard InChI is InChI=1S/C18H24N2O3/c21-16-5-1-4-12-20(16)15-8-6-14(7-9-15)17(22)19-13-18(23)10-2-3-11-18/h6-9,23H,1-5,10-13H2,(H,19,22). The molecule has 5 heteroatoms. The summed E-state index contributed by atoms with van der Waals surface area (Å²) in [7, 11) is 0. The van der Waals surface area contributed by atoms with Crippen molar-refractivity contribution in [1.82, 2.24) is 5.32 Å². The second-order valence-electron chi connectivity index (χ2n) is 6.66. The first kappa shape index (κ1) is 16.0. The third-order valence-corrected chi connectivity index (χ3v) is 4.88. The Kier molecular flexibility index (Phi) is 4.66. The average molecular weight is 316 g/mol. The molecule has 1 aliphatic heterocycles. The van der Waals surface area contributed by atoms with Crippen LogP contribution in [0.2, 0.25) is 0 Å². The minimum Gasteiger partial charge on any atom is -0.388 e. The molecule has 1 saturated carbocycles. The van der Waals surface area contributed by atoms with E-state index < -0.39 is 5.60 Å². The Balaban J connectivity index is 1.60. The Hall–Kier alpha value is -1.88. The average Bonchev–Trinajstić information content (AvgIpc) is 3.00. The SMILES string of the molecule is O=C(NCC1(O)CCCC1)c1ccc(N2CCCCC2=O)cc1. The van der Waals surface area contributed by atoms with Gasteiger partial charge in [-0.3, -0.25) is 9.59 Å². The first-order chi connectivity index (χ1) is 11.1. The summed E-state index contributed by atoms with van der Waals surface area (Å²) in [5.74, 6) is -0.0289. The topological polar surface area (TPSA) is 69.6 Å². The lowest BCUT2D eigenvalue weighted by Crippen LogP contribution is -2.40. The minimum absolute atomic E-state index is 0.150. The predicted octanol–water partition coefficient (Wildman–Crippen LogP) is 2.24. The molecular weight excluding hydrogens is 292 g/mol. The summed E-state index contributed by atoms with van der Waals surface area (Å²) < 4.78 is 0. The van der Waals surface area contributed by atoms with Gasteiger partial charge in [0, 0.05) is 30.8 Å². The lowest BCUT2D eigenvalue weighted by molar-refractivity contribution is -0.119. The van der Waals surface area contributed by atoms with E-state index in [-0.39, 0.29) is 11.8 Å². The molecule has 2 fully saturated rings. The number of rotatable bonds is 4. The zero-order chi connectivity index (χ0) is 16.3. The van der Waals surface area contributed by atoms with Crippen molar-refractivity contribution in [2.24, 2.45) is 0 Å². The van der Waals surface area contributed by atoms with Crippen LogP contribution in [-0.2, 0) is 4.79 Å². The van der Waals surface area contributed by atoms with Crippen LogP contribution in [0.3, 0.4) is 0 Å². The van der Waals surface area contributed by atoms with Gasteiger partial charge < -0.3 is 15.3 Å². The van der Waals surface area contributed by atoms with E-state index in [1.165, 1.54) is 0 Å². The number of hydrogen-bond acceptors (Lipinski definition) is 3. The number of aliphatic hydroxyl groups is 1. The van der Waals surface area contributed by atoms with E-state index in [0.717, 1.165) is 50.8 Å². The molecule has 1 aliphatic carbocycles. The predicted molar refractivity (Wildman–Crippen MR) is 88.4 cm³/mol. The van der Waals surface area contributed by atoms with E-state index in [4.69, 9.17) is 0 Å². The maximum Gasteiger partial charge on any atom is 0.251 e. The highest BCUT2D eigenvalue weighted by Gasteiger charge is 2.31. The molecular formula is C18H24N2O3. The summed E-state index contributed by atoms with van der Waals surface area (Å²) in [5.41, 5.74) is 0.663. The van der Waals surface area contributed by atoms with E-state index in [2.05, 4.69) is 5.32 Å². The van der Waals surface area contributed by atoms with Crippen LogP contribution >= 0.6 is 0 Å². The molecule has 5 nitrogen and oxygen atoms in total. The van der Waals surface area contributed by atoms with Gasteiger partial charge >= 0.3 is 0 Å². The first-order valence-electron chi connectivity index (χ1n) is 8.48. The molecule has 0 aromatic heterocycles. The fourth-order valence-electron chi connectivity index (χ4n) is 3.43. The van der Waals surface area contributed by atoms with Crippen LogP contribution in [-0.4, -0.2) is 35.6 Å². The monoisotopic (exact) mass is 316 g/mol. The summed E-state index contributed by atoms with van der Waals surface area (Å²) in [4.78, 5) is 25.9. The zero-order valence-corrected chi connectivity index (χ0v) is 13.4. The molecule has 2 amide bonds. The second kappa shape index (κ2) is 6.71. The number of nitrogens with one attached hydrogen (secondary N) is 1. The van der Waals surface area contributed by atoms with Gasteiger partial charge in [0.1, 0.15) is 0 Å². The molecule has 3 rings (SSSR count). The Morgan fingerprint density at radius 2 is 1.83 bits per heavy atom. The van der Waals surface area contributed by atoms with Crippen LogP contribution in [0.1, 0.15) is 55.3 Å². The van der Waals surface area contributed by atoms with Gasteiger partial charge in [-0.25, -0.2) is 0 Å². The van der Waals surface area contributed by atoms with Crippen LogP contribution in [0.25, 0.3) is 0 Å². The Morgan fingerprint density at radius 3 is 2.48 bits per heavy atom. The molecule has 1 heterocycles. The largest absolute Gasteiger partial charge is 0.388 e. The summed E-state index contributed by atoms with van der Waals surface area (Å²) >= 11 is 0. The normalized spacial score (nSPS) is 20.6. The number of carbonyl (C=O) groups excluding carboxylic acids is 2. The number of benzene rings is 1. The third kappa shape index (κ3) is 3.72. The van der Waals surface area contributed by atoms with Gasteiger partial charge in [0.25, 0.3) is 5.91 Å². The highest BCUT2D eigenvalue weighted by molar-refractivity contribution is 5.96. The summed E-state index contributed by atoms with van der Waals surface area (Å²) in [6.45, 7) is 1.05. The van der Waals surface area contributed by atoms with E-state index in [0.29, 0.717) is 18.5 Å². The molecule has 2 aliphatic rings. The van der Waals surface area contributed by atoms with Crippen molar-refractivity contribution in [2.45, 2.75) is 50.5 Å². The summed E-state index contributed by atoms with van der Waals surface area (Å²) in [5, 5.41) is 13.1. The number of hydrogen-bond donors (Lipinski definition) is 2. The maximum absolute atomic E-state index is 12.2. The summed E-state index contributed by atoms with van der Waals surface area (Å²) in [6, 6.07) is 7.13. The van der Waals surface area contributed by atoms with Crippen LogP contribution in [0.5, 0.6) is 0 Å². The van der Waals surface area contributed by atoms with E-state index in [1.54, 1.807) is 17.0 Å². The van der Waals surface area contributed by atoms with Crippen LogP contribution in [0.15, 0.2) is 24.3 Å². The van der Waals surface area contributed by atoms with Crippen molar-refractivity contribution in [3.63, 3.8) is 0 Å². The van der Waals surface area contributed by atoms with E-state index in [9.17, 15) is 14.7 Å². The van der Waals surface area contributed by atoms with Crippen molar-refractivity contribution in [1.29, 1.82) is 0 Å². The zero-order valence-electron chi connectivity index (χ0n) is 13.4. The molecule has 1 aromatic rings. The quantitative estimate of drug-likeness (QED) is 0.895. The Morgan fingerprint density at radius 1 is 1.13 bits per heavy atom.